The molecule has 0 unspecified atom stereocenters. The van der Waals surface area contributed by atoms with Gasteiger partial charge in [0.2, 0.25) is 0 Å². The fourth-order valence-corrected chi connectivity index (χ4v) is 0.617. The average molecular weight is 150 g/mol. The molecular weight excluding hydrogens is 142 g/mol. The number of hydrogen-bond acceptors (Lipinski definition) is 3. The van der Waals surface area contributed by atoms with Crippen molar-refractivity contribution in [3.8, 4) is 0 Å². The molecule has 1 heterocycles. The summed E-state index contributed by atoms with van der Waals surface area (Å²) >= 11 is 0. The lowest BCUT2D eigenvalue weighted by Gasteiger charge is -1.95. The van der Waals surface area contributed by atoms with Gasteiger partial charge in [0.15, 0.2) is 5.84 Å². The standard InChI is InChI=1S/C7H8N3O/c1-11-10-7(8)6-4-2-3-5-9-6/h2,4-5H,1H3,(H2,8,10). The summed E-state index contributed by atoms with van der Waals surface area (Å²) in [6.07, 6.45) is 1.52. The van der Waals surface area contributed by atoms with E-state index >= 15 is 0 Å². The van der Waals surface area contributed by atoms with Gasteiger partial charge in [-0.2, -0.15) is 0 Å². The summed E-state index contributed by atoms with van der Waals surface area (Å²) in [5, 5.41) is 3.51. The highest BCUT2D eigenvalue weighted by molar-refractivity contribution is 5.95. The van der Waals surface area contributed by atoms with Crippen molar-refractivity contribution in [2.24, 2.45) is 10.9 Å². The third-order valence-electron chi connectivity index (χ3n) is 1.07. The van der Waals surface area contributed by atoms with Crippen molar-refractivity contribution < 1.29 is 4.84 Å². The van der Waals surface area contributed by atoms with Crippen LogP contribution in [0.1, 0.15) is 5.69 Å². The molecule has 0 saturated heterocycles. The van der Waals surface area contributed by atoms with Crippen molar-refractivity contribution in [2.45, 2.75) is 0 Å². The fourth-order valence-electron chi connectivity index (χ4n) is 0.617. The monoisotopic (exact) mass is 150 g/mol. The third kappa shape index (κ3) is 1.93. The summed E-state index contributed by atoms with van der Waals surface area (Å²) < 4.78 is 0. The zero-order valence-corrected chi connectivity index (χ0v) is 6.11. The Bertz CT molecular complexity index is 245. The Kier molecular flexibility index (Phi) is 2.43. The van der Waals surface area contributed by atoms with Gasteiger partial charge in [-0.25, -0.2) is 0 Å². The molecule has 2 N–H and O–H groups in total. The number of amidine groups is 1. The summed E-state index contributed by atoms with van der Waals surface area (Å²) in [4.78, 5) is 8.38. The minimum atomic E-state index is 0.265. The van der Waals surface area contributed by atoms with Gasteiger partial charge in [-0.3, -0.25) is 4.98 Å². The van der Waals surface area contributed by atoms with Crippen LogP contribution >= 0.6 is 0 Å². The highest BCUT2D eigenvalue weighted by Crippen LogP contribution is 1.91. The van der Waals surface area contributed by atoms with Gasteiger partial charge in [-0.05, 0) is 6.07 Å². The van der Waals surface area contributed by atoms with Gasteiger partial charge in [-0.15, -0.1) is 0 Å². The summed E-state index contributed by atoms with van der Waals surface area (Å²) in [5.74, 6) is 0.265. The summed E-state index contributed by atoms with van der Waals surface area (Å²) in [6, 6.07) is 6.18. The van der Waals surface area contributed by atoms with Crippen LogP contribution in [0.2, 0.25) is 0 Å². The average Bonchev–Trinajstić information content (AvgIpc) is 2.07. The molecule has 1 aromatic heterocycles. The molecule has 1 aromatic rings. The molecule has 0 aliphatic rings. The van der Waals surface area contributed by atoms with Crippen molar-refractivity contribution in [3.63, 3.8) is 0 Å². The molecule has 0 aromatic carbocycles. The van der Waals surface area contributed by atoms with Crippen LogP contribution in [0, 0.1) is 6.07 Å². The van der Waals surface area contributed by atoms with E-state index in [0.29, 0.717) is 5.69 Å². The van der Waals surface area contributed by atoms with E-state index in [1.165, 1.54) is 13.3 Å². The van der Waals surface area contributed by atoms with Crippen LogP contribution in [0.25, 0.3) is 0 Å². The van der Waals surface area contributed by atoms with Gasteiger partial charge in [0, 0.05) is 12.3 Å². The normalized spacial score (nSPS) is 11.2. The van der Waals surface area contributed by atoms with Crippen LogP contribution in [0.4, 0.5) is 0 Å². The maximum atomic E-state index is 5.45. The van der Waals surface area contributed by atoms with Crippen molar-refractivity contribution >= 4 is 5.84 Å². The van der Waals surface area contributed by atoms with Crippen molar-refractivity contribution in [1.82, 2.24) is 4.98 Å². The Morgan fingerprint density at radius 3 is 3.18 bits per heavy atom. The molecule has 0 atom stereocenters. The molecule has 57 valence electrons. The number of rotatable bonds is 2. The topological polar surface area (TPSA) is 60.5 Å². The SMILES string of the molecule is CON=C(N)c1cc[c]cn1. The third-order valence-corrected chi connectivity index (χ3v) is 1.07. The first-order valence-electron chi connectivity index (χ1n) is 3.03. The lowest BCUT2D eigenvalue weighted by Crippen LogP contribution is -2.14. The molecule has 0 aliphatic carbocycles. The summed E-state index contributed by atoms with van der Waals surface area (Å²) in [7, 11) is 1.43. The van der Waals surface area contributed by atoms with Crippen LogP contribution < -0.4 is 5.73 Å². The molecule has 0 saturated carbocycles. The Balaban J connectivity index is 2.85. The van der Waals surface area contributed by atoms with Crippen LogP contribution in [0.15, 0.2) is 23.5 Å². The zero-order chi connectivity index (χ0) is 8.10. The van der Waals surface area contributed by atoms with Gasteiger partial charge in [-0.1, -0.05) is 11.2 Å². The highest BCUT2D eigenvalue weighted by atomic mass is 16.6. The number of oxime groups is 1. The lowest BCUT2D eigenvalue weighted by molar-refractivity contribution is 0.213. The number of pyridine rings is 1. The number of aromatic nitrogens is 1. The first-order chi connectivity index (χ1) is 5.34. The van der Waals surface area contributed by atoms with E-state index < -0.39 is 0 Å². The molecule has 4 nitrogen and oxygen atoms in total. The molecule has 0 bridgehead atoms. The second-order valence-corrected chi connectivity index (χ2v) is 1.80. The molecule has 0 amide bonds. The smallest absolute Gasteiger partial charge is 0.188 e. The van der Waals surface area contributed by atoms with Crippen LogP contribution in [-0.4, -0.2) is 17.9 Å². The number of nitrogens with zero attached hydrogens (tertiary/aromatic N) is 2. The Morgan fingerprint density at radius 1 is 1.82 bits per heavy atom. The first kappa shape index (κ1) is 7.53. The Hall–Kier alpha value is -1.58. The molecule has 1 radical (unpaired) electrons. The van der Waals surface area contributed by atoms with Crippen molar-refractivity contribution in [3.05, 3.63) is 30.1 Å². The van der Waals surface area contributed by atoms with Gasteiger partial charge in [0.1, 0.15) is 12.8 Å². The summed E-state index contributed by atoms with van der Waals surface area (Å²) in [6.45, 7) is 0. The van der Waals surface area contributed by atoms with Gasteiger partial charge < -0.3 is 10.6 Å². The molecule has 11 heavy (non-hydrogen) atoms. The summed E-state index contributed by atoms with van der Waals surface area (Å²) in [5.41, 5.74) is 6.04. The van der Waals surface area contributed by atoms with E-state index in [0.717, 1.165) is 0 Å². The van der Waals surface area contributed by atoms with Crippen LogP contribution in [0.3, 0.4) is 0 Å². The van der Waals surface area contributed by atoms with Gasteiger partial charge >= 0.3 is 0 Å². The van der Waals surface area contributed by atoms with E-state index in [4.69, 9.17) is 5.73 Å². The quantitative estimate of drug-likeness (QED) is 0.371. The Morgan fingerprint density at radius 2 is 2.64 bits per heavy atom. The Labute approximate surface area is 64.7 Å². The predicted molar refractivity (Wildman–Crippen MR) is 40.8 cm³/mol. The lowest BCUT2D eigenvalue weighted by atomic mass is 10.3. The fraction of sp³-hybridized carbons (Fsp3) is 0.143. The minimum Gasteiger partial charge on any atom is -0.397 e. The first-order valence-corrected chi connectivity index (χ1v) is 3.03. The van der Waals surface area contributed by atoms with E-state index in [1.807, 2.05) is 0 Å². The molecule has 0 fully saturated rings. The maximum absolute atomic E-state index is 5.45. The highest BCUT2D eigenvalue weighted by Gasteiger charge is 1.96. The van der Waals surface area contributed by atoms with Crippen molar-refractivity contribution in [2.75, 3.05) is 7.11 Å². The molecular formula is C7H8N3O. The van der Waals surface area contributed by atoms with E-state index in [1.54, 1.807) is 12.1 Å². The maximum Gasteiger partial charge on any atom is 0.188 e. The van der Waals surface area contributed by atoms with Gasteiger partial charge in [0.05, 0.1) is 0 Å². The second-order valence-electron chi connectivity index (χ2n) is 1.80. The molecule has 0 spiro atoms. The second kappa shape index (κ2) is 3.55. The molecule has 1 rings (SSSR count). The van der Waals surface area contributed by atoms with Gasteiger partial charge in [0.25, 0.3) is 0 Å². The van der Waals surface area contributed by atoms with Crippen LogP contribution in [-0.2, 0) is 4.84 Å². The van der Waals surface area contributed by atoms with Crippen molar-refractivity contribution in [1.29, 1.82) is 0 Å². The van der Waals surface area contributed by atoms with E-state index in [-0.39, 0.29) is 5.84 Å². The molecule has 0 aliphatic heterocycles. The van der Waals surface area contributed by atoms with E-state index in [2.05, 4.69) is 21.0 Å². The molecule has 4 heteroatoms. The zero-order valence-electron chi connectivity index (χ0n) is 6.11. The van der Waals surface area contributed by atoms with Crippen LogP contribution in [0.5, 0.6) is 0 Å². The number of hydrogen-bond donors (Lipinski definition) is 1. The van der Waals surface area contributed by atoms with E-state index in [9.17, 15) is 0 Å². The predicted octanol–water partition coefficient (Wildman–Crippen LogP) is 0.148. The minimum absolute atomic E-state index is 0.265. The largest absolute Gasteiger partial charge is 0.397 e. The number of nitrogens with two attached hydrogens (primary N) is 1.